The van der Waals surface area contributed by atoms with E-state index >= 15 is 0 Å². The minimum Gasteiger partial charge on any atom is -0.494 e. The lowest BCUT2D eigenvalue weighted by Crippen LogP contribution is -2.02. The number of benzene rings is 1. The van der Waals surface area contributed by atoms with E-state index in [-0.39, 0.29) is 4.90 Å². The van der Waals surface area contributed by atoms with Crippen LogP contribution in [0.15, 0.2) is 58.8 Å². The van der Waals surface area contributed by atoms with Crippen LogP contribution in [0.25, 0.3) is 11.3 Å². The molecule has 0 radical (unpaired) electrons. The number of rotatable bonds is 6. The fraction of sp³-hybridized carbons (Fsp3) is 0.167. The quantitative estimate of drug-likeness (QED) is 0.710. The van der Waals surface area contributed by atoms with Gasteiger partial charge in [-0.05, 0) is 35.7 Å². The van der Waals surface area contributed by atoms with Gasteiger partial charge in [-0.25, -0.2) is 13.4 Å². The molecule has 25 heavy (non-hydrogen) atoms. The summed E-state index contributed by atoms with van der Waals surface area (Å²) in [5, 5.41) is 5.33. The predicted molar refractivity (Wildman–Crippen MR) is 101 cm³/mol. The van der Waals surface area contributed by atoms with Gasteiger partial charge in [-0.15, -0.1) is 11.3 Å². The fourth-order valence-corrected chi connectivity index (χ4v) is 3.64. The number of ether oxygens (including phenoxy) is 1. The average molecular weight is 374 g/mol. The second kappa shape index (κ2) is 7.25. The maximum Gasteiger partial charge on any atom is 0.175 e. The molecule has 0 atom stereocenters. The molecule has 0 saturated heterocycles. The van der Waals surface area contributed by atoms with Crippen molar-refractivity contribution in [3.05, 3.63) is 58.8 Å². The van der Waals surface area contributed by atoms with Gasteiger partial charge in [0.15, 0.2) is 9.84 Å². The third-order valence-corrected chi connectivity index (χ3v) is 5.66. The van der Waals surface area contributed by atoms with Gasteiger partial charge in [-0.2, -0.15) is 0 Å². The third kappa shape index (κ3) is 4.18. The second-order valence-electron chi connectivity index (χ2n) is 5.48. The minimum atomic E-state index is -3.22. The van der Waals surface area contributed by atoms with Crippen LogP contribution in [-0.2, 0) is 16.4 Å². The Balaban J connectivity index is 1.89. The monoisotopic (exact) mass is 374 g/mol. The van der Waals surface area contributed by atoms with Crippen molar-refractivity contribution in [1.29, 1.82) is 0 Å². The van der Waals surface area contributed by atoms with Gasteiger partial charge in [0.05, 0.1) is 18.6 Å². The van der Waals surface area contributed by atoms with Crippen LogP contribution in [0.3, 0.4) is 0 Å². The van der Waals surface area contributed by atoms with Crippen molar-refractivity contribution >= 4 is 27.0 Å². The van der Waals surface area contributed by atoms with E-state index in [4.69, 9.17) is 4.74 Å². The van der Waals surface area contributed by atoms with E-state index in [0.717, 1.165) is 11.4 Å². The highest BCUT2D eigenvalue weighted by molar-refractivity contribution is 7.90. The van der Waals surface area contributed by atoms with Crippen LogP contribution < -0.4 is 10.1 Å². The highest BCUT2D eigenvalue weighted by Crippen LogP contribution is 2.30. The van der Waals surface area contributed by atoms with Crippen molar-refractivity contribution in [2.75, 3.05) is 18.7 Å². The predicted octanol–water partition coefficient (Wildman–Crippen LogP) is 3.83. The Morgan fingerprint density at radius 3 is 2.48 bits per heavy atom. The zero-order chi connectivity index (χ0) is 17.9. The Labute approximate surface area is 151 Å². The molecule has 0 amide bonds. The first-order valence-corrected chi connectivity index (χ1v) is 10.4. The molecule has 0 unspecified atom stereocenters. The fourth-order valence-electron chi connectivity index (χ4n) is 2.37. The molecule has 2 heterocycles. The molecule has 1 aromatic carbocycles. The molecule has 0 aliphatic heterocycles. The molecule has 0 saturated carbocycles. The highest BCUT2D eigenvalue weighted by Gasteiger charge is 2.12. The summed E-state index contributed by atoms with van der Waals surface area (Å²) in [6, 6.07) is 14.4. The Morgan fingerprint density at radius 1 is 1.12 bits per heavy atom. The molecule has 0 aliphatic rings. The Morgan fingerprint density at radius 2 is 1.88 bits per heavy atom. The number of aromatic nitrogens is 1. The van der Waals surface area contributed by atoms with Gasteiger partial charge >= 0.3 is 0 Å². The Bertz CT molecular complexity index is 950. The summed E-state index contributed by atoms with van der Waals surface area (Å²) in [5.74, 6) is 1.37. The van der Waals surface area contributed by atoms with Gasteiger partial charge in [0.2, 0.25) is 0 Å². The molecule has 3 rings (SSSR count). The van der Waals surface area contributed by atoms with E-state index in [0.29, 0.717) is 18.0 Å². The van der Waals surface area contributed by atoms with Gasteiger partial charge in [0.1, 0.15) is 17.3 Å². The molecule has 2 aromatic heterocycles. The summed E-state index contributed by atoms with van der Waals surface area (Å²) >= 11 is 1.68. The molecule has 3 aromatic rings. The van der Waals surface area contributed by atoms with Crippen molar-refractivity contribution in [3.8, 4) is 17.0 Å². The van der Waals surface area contributed by atoms with Gasteiger partial charge in [0, 0.05) is 16.7 Å². The number of anilines is 1. The van der Waals surface area contributed by atoms with Crippen LogP contribution in [0.4, 0.5) is 5.82 Å². The van der Waals surface area contributed by atoms with Crippen molar-refractivity contribution in [2.24, 2.45) is 0 Å². The molecule has 7 heteroatoms. The maximum absolute atomic E-state index is 11.6. The topological polar surface area (TPSA) is 68.3 Å². The van der Waals surface area contributed by atoms with E-state index in [2.05, 4.69) is 16.4 Å². The first-order valence-electron chi connectivity index (χ1n) is 7.59. The van der Waals surface area contributed by atoms with Crippen LogP contribution in [0.5, 0.6) is 5.75 Å². The molecule has 0 aliphatic carbocycles. The number of hydrogen-bond donors (Lipinski definition) is 1. The molecular formula is C18H18N2O3S2. The average Bonchev–Trinajstić information content (AvgIpc) is 3.12. The summed E-state index contributed by atoms with van der Waals surface area (Å²) in [5.41, 5.74) is 1.46. The Hall–Kier alpha value is -2.38. The van der Waals surface area contributed by atoms with Gasteiger partial charge in [0.25, 0.3) is 0 Å². The molecule has 0 bridgehead atoms. The number of nitrogens with one attached hydrogen (secondary N) is 1. The Kier molecular flexibility index (Phi) is 5.06. The van der Waals surface area contributed by atoms with E-state index < -0.39 is 9.84 Å². The van der Waals surface area contributed by atoms with E-state index in [1.165, 1.54) is 11.1 Å². The number of pyridine rings is 1. The van der Waals surface area contributed by atoms with Crippen molar-refractivity contribution < 1.29 is 13.2 Å². The summed E-state index contributed by atoms with van der Waals surface area (Å²) in [7, 11) is -1.63. The van der Waals surface area contributed by atoms with E-state index in [1.807, 2.05) is 23.6 Å². The lowest BCUT2D eigenvalue weighted by molar-refractivity contribution is 0.415. The molecular weight excluding hydrogens is 356 g/mol. The van der Waals surface area contributed by atoms with Crippen molar-refractivity contribution in [2.45, 2.75) is 11.4 Å². The largest absolute Gasteiger partial charge is 0.494 e. The van der Waals surface area contributed by atoms with Crippen LogP contribution >= 0.6 is 11.3 Å². The SMILES string of the molecule is COc1ccc(NCc2cccs2)nc1-c1ccc(S(C)(=O)=O)cc1. The maximum atomic E-state index is 11.6. The number of methoxy groups -OCH3 is 1. The van der Waals surface area contributed by atoms with Crippen molar-refractivity contribution in [1.82, 2.24) is 4.98 Å². The zero-order valence-corrected chi connectivity index (χ0v) is 15.5. The first-order chi connectivity index (χ1) is 12.0. The highest BCUT2D eigenvalue weighted by atomic mass is 32.2. The normalized spacial score (nSPS) is 11.3. The summed E-state index contributed by atoms with van der Waals surface area (Å²) in [4.78, 5) is 6.12. The van der Waals surface area contributed by atoms with Crippen LogP contribution in [-0.4, -0.2) is 26.8 Å². The lowest BCUT2D eigenvalue weighted by Gasteiger charge is -2.11. The van der Waals surface area contributed by atoms with Crippen LogP contribution in [0.1, 0.15) is 4.88 Å². The molecule has 5 nitrogen and oxygen atoms in total. The van der Waals surface area contributed by atoms with E-state index in [9.17, 15) is 8.42 Å². The van der Waals surface area contributed by atoms with Gasteiger partial charge in [-0.3, -0.25) is 0 Å². The number of sulfone groups is 1. The minimum absolute atomic E-state index is 0.280. The first kappa shape index (κ1) is 17.4. The number of thiophene rings is 1. The molecule has 1 N–H and O–H groups in total. The molecule has 0 spiro atoms. The van der Waals surface area contributed by atoms with Crippen molar-refractivity contribution in [3.63, 3.8) is 0 Å². The zero-order valence-electron chi connectivity index (χ0n) is 13.9. The van der Waals surface area contributed by atoms with Crippen LogP contribution in [0, 0.1) is 0 Å². The second-order valence-corrected chi connectivity index (χ2v) is 8.52. The van der Waals surface area contributed by atoms with Gasteiger partial charge < -0.3 is 10.1 Å². The van der Waals surface area contributed by atoms with Crippen LogP contribution in [0.2, 0.25) is 0 Å². The number of nitrogens with zero attached hydrogens (tertiary/aromatic N) is 1. The smallest absolute Gasteiger partial charge is 0.175 e. The summed E-state index contributed by atoms with van der Waals surface area (Å²) in [6.45, 7) is 0.698. The standard InChI is InChI=1S/C18H18N2O3S2/c1-23-16-9-10-17(19-12-14-4-3-11-24-14)20-18(16)13-5-7-15(8-6-13)25(2,21)22/h3-11H,12H2,1-2H3,(H,19,20). The third-order valence-electron chi connectivity index (χ3n) is 3.66. The summed E-state index contributed by atoms with van der Waals surface area (Å²) < 4.78 is 28.6. The summed E-state index contributed by atoms with van der Waals surface area (Å²) in [6.07, 6.45) is 1.19. The molecule has 130 valence electrons. The lowest BCUT2D eigenvalue weighted by atomic mass is 10.1. The van der Waals surface area contributed by atoms with E-state index in [1.54, 1.807) is 42.7 Å². The van der Waals surface area contributed by atoms with Gasteiger partial charge in [-0.1, -0.05) is 18.2 Å². The molecule has 0 fully saturated rings. The number of hydrogen-bond acceptors (Lipinski definition) is 6.